The predicted molar refractivity (Wildman–Crippen MR) is 134 cm³/mol. The Morgan fingerprint density at radius 2 is 2.06 bits per heavy atom. The van der Waals surface area contributed by atoms with Crippen molar-refractivity contribution >= 4 is 38.4 Å². The van der Waals surface area contributed by atoms with Gasteiger partial charge in [0.25, 0.3) is 5.91 Å². The molecule has 1 saturated heterocycles. The fourth-order valence-corrected chi connectivity index (χ4v) is 7.68. The maximum atomic E-state index is 12.6. The number of thioether (sulfide) groups is 1. The van der Waals surface area contributed by atoms with Crippen LogP contribution in [0, 0.1) is 0 Å². The summed E-state index contributed by atoms with van der Waals surface area (Å²) >= 11 is 1.47. The van der Waals surface area contributed by atoms with E-state index < -0.39 is 9.84 Å². The minimum Gasteiger partial charge on any atom is -0.468 e. The van der Waals surface area contributed by atoms with Crippen molar-refractivity contribution in [2.75, 3.05) is 50.2 Å². The van der Waals surface area contributed by atoms with Crippen LogP contribution in [0.15, 0.2) is 52.1 Å². The molecule has 0 radical (unpaired) electrons. The van der Waals surface area contributed by atoms with Crippen molar-refractivity contribution in [3.8, 4) is 0 Å². The molecule has 2 N–H and O–H groups in total. The number of methoxy groups -OCH3 is 1. The number of fused-ring (bicyclic) bond motifs is 1. The lowest BCUT2D eigenvalue weighted by molar-refractivity contribution is 0.0945. The zero-order valence-corrected chi connectivity index (χ0v) is 20.7. The number of nitrogens with one attached hydrogen (secondary N) is 2. The van der Waals surface area contributed by atoms with E-state index in [0.717, 1.165) is 29.6 Å². The van der Waals surface area contributed by atoms with Gasteiger partial charge in [0.15, 0.2) is 15.0 Å². The van der Waals surface area contributed by atoms with Gasteiger partial charge >= 0.3 is 0 Å². The first-order valence-corrected chi connectivity index (χ1v) is 14.0. The van der Waals surface area contributed by atoms with E-state index in [1.54, 1.807) is 25.5 Å². The van der Waals surface area contributed by atoms with Crippen LogP contribution in [0.2, 0.25) is 0 Å². The molecule has 9 nitrogen and oxygen atoms in total. The Bertz CT molecular complexity index is 1090. The number of carbonyl (C=O) groups excluding carboxylic acids is 1. The molecule has 0 aliphatic carbocycles. The number of sulfone groups is 1. The van der Waals surface area contributed by atoms with E-state index in [1.165, 1.54) is 11.8 Å². The lowest BCUT2D eigenvalue weighted by atomic mass is 10.2. The summed E-state index contributed by atoms with van der Waals surface area (Å²) in [4.78, 5) is 19.3. The highest BCUT2D eigenvalue weighted by atomic mass is 32.2. The molecule has 0 spiro atoms. The number of anilines is 1. The lowest BCUT2D eigenvalue weighted by Gasteiger charge is -2.21. The number of furan rings is 1. The topological polar surface area (TPSA) is 113 Å². The van der Waals surface area contributed by atoms with Gasteiger partial charge in [-0.25, -0.2) is 8.42 Å². The van der Waals surface area contributed by atoms with Crippen LogP contribution < -0.4 is 10.6 Å². The summed E-state index contributed by atoms with van der Waals surface area (Å²) in [5, 5.41) is 6.93. The Kier molecular flexibility index (Phi) is 8.30. The third-order valence-corrected chi connectivity index (χ3v) is 8.85. The third-order valence-electron chi connectivity index (χ3n) is 5.71. The molecule has 4 rings (SSSR count). The molecule has 11 heteroatoms. The highest BCUT2D eigenvalue weighted by Gasteiger charge is 2.42. The molecule has 1 amide bonds. The Balaban J connectivity index is 1.24. The molecule has 0 bridgehead atoms. The number of carbonyl (C=O) groups is 1. The maximum Gasteiger partial charge on any atom is 0.251 e. The molecular weight excluding hydrogens is 476 g/mol. The molecule has 34 heavy (non-hydrogen) atoms. The highest BCUT2D eigenvalue weighted by molar-refractivity contribution is 8.15. The number of rotatable bonds is 11. The van der Waals surface area contributed by atoms with Crippen LogP contribution in [0.5, 0.6) is 0 Å². The smallest absolute Gasteiger partial charge is 0.251 e. The standard InChI is InChI=1S/C23H30N4O5S2/c1-31-12-3-10-27(14-19-4-2-13-32-19)11-9-24-22(28)17-5-7-18(8-6-17)25-23-26-20-15-34(29,30)16-21(20)33-23/h2,4-8,13,20-21H,3,9-12,14-16H2,1H3,(H,24,28)(H,25,26)/t20-,21+/m0/s1. The van der Waals surface area contributed by atoms with Gasteiger partial charge in [0, 0.05) is 49.9 Å². The van der Waals surface area contributed by atoms with Crippen LogP contribution in [0.4, 0.5) is 5.69 Å². The number of ether oxygens (including phenoxy) is 1. The zero-order valence-electron chi connectivity index (χ0n) is 19.1. The molecule has 3 heterocycles. The minimum absolute atomic E-state index is 0.000556. The molecule has 0 saturated carbocycles. The van der Waals surface area contributed by atoms with Crippen molar-refractivity contribution in [2.45, 2.75) is 24.3 Å². The Morgan fingerprint density at radius 1 is 1.24 bits per heavy atom. The molecule has 2 aliphatic heterocycles. The summed E-state index contributed by atoms with van der Waals surface area (Å²) < 4.78 is 34.0. The first-order chi connectivity index (χ1) is 16.4. The van der Waals surface area contributed by atoms with Crippen LogP contribution >= 0.6 is 11.8 Å². The number of amidine groups is 1. The normalized spacial score (nSPS) is 20.8. The first kappa shape index (κ1) is 24.8. The van der Waals surface area contributed by atoms with E-state index in [-0.39, 0.29) is 28.7 Å². The van der Waals surface area contributed by atoms with E-state index in [2.05, 4.69) is 20.5 Å². The van der Waals surface area contributed by atoms with Gasteiger partial charge in [0.05, 0.1) is 30.4 Å². The number of aliphatic imine (C=N–C) groups is 1. The zero-order chi connectivity index (χ0) is 24.0. The van der Waals surface area contributed by atoms with Gasteiger partial charge in [-0.05, 0) is 42.8 Å². The summed E-state index contributed by atoms with van der Waals surface area (Å²) in [5.74, 6) is 1.07. The predicted octanol–water partition coefficient (Wildman–Crippen LogP) is 2.23. The molecule has 1 fully saturated rings. The summed E-state index contributed by atoms with van der Waals surface area (Å²) in [6.07, 6.45) is 2.57. The van der Waals surface area contributed by atoms with Crippen LogP contribution in [0.25, 0.3) is 0 Å². The third kappa shape index (κ3) is 6.84. The molecular formula is C23H30N4O5S2. The first-order valence-electron chi connectivity index (χ1n) is 11.3. The summed E-state index contributed by atoms with van der Waals surface area (Å²) in [7, 11) is -1.27. The van der Waals surface area contributed by atoms with Crippen LogP contribution in [0.1, 0.15) is 22.5 Å². The monoisotopic (exact) mass is 506 g/mol. The van der Waals surface area contributed by atoms with Crippen LogP contribution in [-0.4, -0.2) is 80.5 Å². The second kappa shape index (κ2) is 11.4. The number of nitrogens with zero attached hydrogens (tertiary/aromatic N) is 2. The van der Waals surface area contributed by atoms with Crippen molar-refractivity contribution in [3.05, 3.63) is 54.0 Å². The van der Waals surface area contributed by atoms with Crippen LogP contribution in [-0.2, 0) is 21.1 Å². The van der Waals surface area contributed by atoms with Gasteiger partial charge in [0.1, 0.15) is 5.76 Å². The second-order valence-electron chi connectivity index (χ2n) is 8.39. The molecule has 184 valence electrons. The molecule has 1 aromatic heterocycles. The molecule has 2 aromatic rings. The number of hydrogen-bond acceptors (Lipinski definition) is 9. The average molecular weight is 507 g/mol. The Morgan fingerprint density at radius 3 is 2.76 bits per heavy atom. The quantitative estimate of drug-likeness (QED) is 0.446. The number of hydrogen-bond donors (Lipinski definition) is 2. The van der Waals surface area contributed by atoms with Gasteiger partial charge in [-0.15, -0.1) is 0 Å². The van der Waals surface area contributed by atoms with E-state index >= 15 is 0 Å². The highest BCUT2D eigenvalue weighted by Crippen LogP contribution is 2.34. The van der Waals surface area contributed by atoms with E-state index in [0.29, 0.717) is 31.8 Å². The van der Waals surface area contributed by atoms with Gasteiger partial charge in [-0.1, -0.05) is 11.8 Å². The van der Waals surface area contributed by atoms with Gasteiger partial charge in [-0.3, -0.25) is 14.7 Å². The SMILES string of the molecule is COCCCN(CCNC(=O)c1ccc(NC2=N[C@H]3CS(=O)(=O)C[C@H]3S2)cc1)Cc1ccco1. The second-order valence-corrected chi connectivity index (χ2v) is 11.8. The van der Waals surface area contributed by atoms with E-state index in [9.17, 15) is 13.2 Å². The van der Waals surface area contributed by atoms with Gasteiger partial charge in [0.2, 0.25) is 0 Å². The fourth-order valence-electron chi connectivity index (χ4n) is 4.00. The Hall–Kier alpha value is -2.34. The largest absolute Gasteiger partial charge is 0.468 e. The molecule has 1 aromatic carbocycles. The van der Waals surface area contributed by atoms with Crippen LogP contribution in [0.3, 0.4) is 0 Å². The molecule has 2 aliphatic rings. The van der Waals surface area contributed by atoms with E-state index in [4.69, 9.17) is 9.15 Å². The number of amides is 1. The van der Waals surface area contributed by atoms with Gasteiger partial charge < -0.3 is 19.8 Å². The van der Waals surface area contributed by atoms with Crippen molar-refractivity contribution in [1.29, 1.82) is 0 Å². The number of benzene rings is 1. The fraction of sp³-hybridized carbons (Fsp3) is 0.478. The summed E-state index contributed by atoms with van der Waals surface area (Å²) in [6.45, 7) is 3.44. The van der Waals surface area contributed by atoms with Gasteiger partial charge in [-0.2, -0.15) is 0 Å². The van der Waals surface area contributed by atoms with Crippen molar-refractivity contribution in [3.63, 3.8) is 0 Å². The maximum absolute atomic E-state index is 12.6. The van der Waals surface area contributed by atoms with Crippen molar-refractivity contribution in [2.24, 2.45) is 4.99 Å². The molecule has 2 atom stereocenters. The van der Waals surface area contributed by atoms with Crippen molar-refractivity contribution < 1.29 is 22.4 Å². The summed E-state index contributed by atoms with van der Waals surface area (Å²) in [5.41, 5.74) is 1.39. The average Bonchev–Trinajstić information content (AvgIpc) is 3.49. The van der Waals surface area contributed by atoms with Crippen molar-refractivity contribution in [1.82, 2.24) is 10.2 Å². The van der Waals surface area contributed by atoms with E-state index in [1.807, 2.05) is 24.3 Å². The summed E-state index contributed by atoms with van der Waals surface area (Å²) in [6, 6.07) is 10.8. The minimum atomic E-state index is -2.96. The molecule has 0 unspecified atom stereocenters. The lowest BCUT2D eigenvalue weighted by Crippen LogP contribution is -2.35. The Labute approximate surface area is 204 Å².